The summed E-state index contributed by atoms with van der Waals surface area (Å²) in [6.45, 7) is 1.41. The molecule has 0 aromatic heterocycles. The molecule has 4 heteroatoms. The number of halogens is 1. The number of carbonyl (C=O) groups is 1. The number of benzene rings is 1. The zero-order valence-corrected chi connectivity index (χ0v) is 11.1. The highest BCUT2D eigenvalue weighted by atomic mass is 79.9. The quantitative estimate of drug-likeness (QED) is 0.909. The van der Waals surface area contributed by atoms with E-state index in [-0.39, 0.29) is 11.8 Å². The number of carboxylic acids is 1. The lowest BCUT2D eigenvalue weighted by molar-refractivity contribution is -0.137. The summed E-state index contributed by atoms with van der Waals surface area (Å²) in [6, 6.07) is 8.22. The van der Waals surface area contributed by atoms with Crippen LogP contribution in [0.25, 0.3) is 0 Å². The van der Waals surface area contributed by atoms with Crippen molar-refractivity contribution in [3.63, 3.8) is 0 Å². The van der Waals surface area contributed by atoms with Gasteiger partial charge in [0.2, 0.25) is 0 Å². The Morgan fingerprint density at radius 2 is 2.00 bits per heavy atom. The highest BCUT2D eigenvalue weighted by molar-refractivity contribution is 9.10. The predicted molar refractivity (Wildman–Crippen MR) is 68.1 cm³/mol. The number of aliphatic carboxylic acids is 1. The topological polar surface area (TPSA) is 46.5 Å². The molecule has 1 saturated heterocycles. The number of carboxylic acid groups (broad SMARTS) is 1. The van der Waals surface area contributed by atoms with Gasteiger partial charge in [-0.15, -0.1) is 0 Å². The van der Waals surface area contributed by atoms with Gasteiger partial charge in [-0.2, -0.15) is 0 Å². The zero-order chi connectivity index (χ0) is 12.3. The predicted octanol–water partition coefficient (Wildman–Crippen LogP) is 2.97. The molecule has 1 aromatic rings. The molecule has 3 nitrogen and oxygen atoms in total. The molecule has 1 aromatic carbocycles. The van der Waals surface area contributed by atoms with Crippen molar-refractivity contribution in [2.75, 3.05) is 13.2 Å². The van der Waals surface area contributed by atoms with Crippen LogP contribution in [0.15, 0.2) is 28.7 Å². The molecule has 0 radical (unpaired) electrons. The van der Waals surface area contributed by atoms with Crippen LogP contribution in [0.4, 0.5) is 0 Å². The van der Waals surface area contributed by atoms with Gasteiger partial charge in [-0.3, -0.25) is 4.79 Å². The Kier molecular flexibility index (Phi) is 3.84. The Hall–Kier alpha value is -0.870. The molecule has 92 valence electrons. The smallest absolute Gasteiger partial charge is 0.303 e. The molecule has 0 amide bonds. The van der Waals surface area contributed by atoms with E-state index in [0.29, 0.717) is 19.6 Å². The van der Waals surface area contributed by atoms with Crippen LogP contribution < -0.4 is 0 Å². The third-order valence-electron chi connectivity index (χ3n) is 3.26. The molecule has 2 rings (SSSR count). The second-order valence-electron chi connectivity index (χ2n) is 4.53. The fraction of sp³-hybridized carbons (Fsp3) is 0.462. The molecule has 1 fully saturated rings. The summed E-state index contributed by atoms with van der Waals surface area (Å²) < 4.78 is 6.38. The number of ether oxygens (including phenoxy) is 1. The average Bonchev–Trinajstić information content (AvgIpc) is 2.23. The largest absolute Gasteiger partial charge is 0.481 e. The Bertz CT molecular complexity index is 396. The minimum absolute atomic E-state index is 0.0378. The lowest BCUT2D eigenvalue weighted by Crippen LogP contribution is -2.46. The van der Waals surface area contributed by atoms with E-state index in [4.69, 9.17) is 9.84 Å². The maximum atomic E-state index is 10.5. The van der Waals surface area contributed by atoms with Gasteiger partial charge in [0.15, 0.2) is 0 Å². The highest BCUT2D eigenvalue weighted by Gasteiger charge is 2.39. The SMILES string of the molecule is O=C(O)CCCC1(c2ccc(Br)cc2)COC1. The van der Waals surface area contributed by atoms with Crippen molar-refractivity contribution in [3.05, 3.63) is 34.3 Å². The van der Waals surface area contributed by atoms with E-state index in [1.165, 1.54) is 5.56 Å². The monoisotopic (exact) mass is 298 g/mol. The molecule has 0 spiro atoms. The lowest BCUT2D eigenvalue weighted by Gasteiger charge is -2.42. The van der Waals surface area contributed by atoms with Crippen LogP contribution in [-0.2, 0) is 14.9 Å². The summed E-state index contributed by atoms with van der Waals surface area (Å²) in [5, 5.41) is 8.67. The first kappa shape index (κ1) is 12.6. The molecule has 1 aliphatic heterocycles. The average molecular weight is 299 g/mol. The van der Waals surface area contributed by atoms with E-state index in [0.717, 1.165) is 10.9 Å². The van der Waals surface area contributed by atoms with Gasteiger partial charge in [-0.1, -0.05) is 28.1 Å². The van der Waals surface area contributed by atoms with Gasteiger partial charge >= 0.3 is 5.97 Å². The standard InChI is InChI=1S/C13H15BrO3/c14-11-5-3-10(4-6-11)13(8-17-9-13)7-1-2-12(15)16/h3-6H,1-2,7-9H2,(H,15,16). The zero-order valence-electron chi connectivity index (χ0n) is 9.49. The van der Waals surface area contributed by atoms with E-state index in [9.17, 15) is 4.79 Å². The number of hydrogen-bond donors (Lipinski definition) is 1. The molecule has 0 saturated carbocycles. The van der Waals surface area contributed by atoms with Crippen molar-refractivity contribution >= 4 is 21.9 Å². The number of hydrogen-bond acceptors (Lipinski definition) is 2. The van der Waals surface area contributed by atoms with Crippen LogP contribution in [0.2, 0.25) is 0 Å². The first-order valence-corrected chi connectivity index (χ1v) is 6.47. The van der Waals surface area contributed by atoms with Crippen LogP contribution in [0.5, 0.6) is 0 Å². The van der Waals surface area contributed by atoms with Gasteiger partial charge < -0.3 is 9.84 Å². The summed E-state index contributed by atoms with van der Waals surface area (Å²) >= 11 is 3.41. The van der Waals surface area contributed by atoms with Crippen LogP contribution >= 0.6 is 15.9 Å². The van der Waals surface area contributed by atoms with E-state index in [1.807, 2.05) is 12.1 Å². The van der Waals surface area contributed by atoms with Crippen molar-refractivity contribution < 1.29 is 14.6 Å². The van der Waals surface area contributed by atoms with Crippen molar-refractivity contribution in [2.24, 2.45) is 0 Å². The summed E-state index contributed by atoms with van der Waals surface area (Å²) in [5.74, 6) is -0.726. The van der Waals surface area contributed by atoms with Crippen LogP contribution in [0, 0.1) is 0 Å². The Balaban J connectivity index is 2.03. The third-order valence-corrected chi connectivity index (χ3v) is 3.79. The van der Waals surface area contributed by atoms with Crippen molar-refractivity contribution in [2.45, 2.75) is 24.7 Å². The summed E-state index contributed by atoms with van der Waals surface area (Å²) in [7, 11) is 0. The maximum Gasteiger partial charge on any atom is 0.303 e. The van der Waals surface area contributed by atoms with Gasteiger partial charge in [-0.05, 0) is 30.5 Å². The molecule has 1 aliphatic rings. The van der Waals surface area contributed by atoms with Gasteiger partial charge in [-0.25, -0.2) is 0 Å². The third kappa shape index (κ3) is 2.87. The first-order valence-electron chi connectivity index (χ1n) is 5.68. The van der Waals surface area contributed by atoms with Gasteiger partial charge in [0.25, 0.3) is 0 Å². The minimum Gasteiger partial charge on any atom is -0.481 e. The molecule has 1 heterocycles. The van der Waals surface area contributed by atoms with E-state index < -0.39 is 5.97 Å². The van der Waals surface area contributed by atoms with Crippen molar-refractivity contribution in [3.8, 4) is 0 Å². The molecule has 0 unspecified atom stereocenters. The first-order chi connectivity index (χ1) is 8.12. The molecule has 0 atom stereocenters. The fourth-order valence-electron chi connectivity index (χ4n) is 2.19. The Morgan fingerprint density at radius 1 is 1.35 bits per heavy atom. The van der Waals surface area contributed by atoms with Crippen molar-refractivity contribution in [1.29, 1.82) is 0 Å². The summed E-state index contributed by atoms with van der Waals surface area (Å²) in [5.41, 5.74) is 1.29. The normalized spacial score (nSPS) is 17.5. The van der Waals surface area contributed by atoms with Crippen LogP contribution in [-0.4, -0.2) is 24.3 Å². The summed E-state index contributed by atoms with van der Waals surface area (Å²) in [6.07, 6.45) is 1.81. The van der Waals surface area contributed by atoms with Crippen molar-refractivity contribution in [1.82, 2.24) is 0 Å². The molecular weight excluding hydrogens is 284 g/mol. The van der Waals surface area contributed by atoms with Gasteiger partial charge in [0, 0.05) is 16.3 Å². The summed E-state index contributed by atoms with van der Waals surface area (Å²) in [4.78, 5) is 10.5. The highest BCUT2D eigenvalue weighted by Crippen LogP contribution is 2.37. The van der Waals surface area contributed by atoms with Gasteiger partial charge in [0.1, 0.15) is 0 Å². The second-order valence-corrected chi connectivity index (χ2v) is 5.44. The lowest BCUT2D eigenvalue weighted by atomic mass is 9.75. The maximum absolute atomic E-state index is 10.5. The van der Waals surface area contributed by atoms with Gasteiger partial charge in [0.05, 0.1) is 13.2 Å². The molecule has 1 N–H and O–H groups in total. The fourth-order valence-corrected chi connectivity index (χ4v) is 2.45. The minimum atomic E-state index is -0.726. The number of rotatable bonds is 5. The van der Waals surface area contributed by atoms with E-state index in [2.05, 4.69) is 28.1 Å². The molecule has 0 aliphatic carbocycles. The Morgan fingerprint density at radius 3 is 2.47 bits per heavy atom. The van der Waals surface area contributed by atoms with E-state index >= 15 is 0 Å². The molecule has 0 bridgehead atoms. The second kappa shape index (κ2) is 5.19. The Labute approximate surface area is 109 Å². The van der Waals surface area contributed by atoms with Crippen LogP contribution in [0.1, 0.15) is 24.8 Å². The molecular formula is C13H15BrO3. The van der Waals surface area contributed by atoms with Crippen LogP contribution in [0.3, 0.4) is 0 Å². The van der Waals surface area contributed by atoms with E-state index in [1.54, 1.807) is 0 Å². The molecule has 17 heavy (non-hydrogen) atoms.